The van der Waals surface area contributed by atoms with E-state index in [9.17, 15) is 0 Å². The van der Waals surface area contributed by atoms with Gasteiger partial charge in [-0.1, -0.05) is 29.8 Å². The summed E-state index contributed by atoms with van der Waals surface area (Å²) in [5.74, 6) is 0.821. The van der Waals surface area contributed by atoms with Crippen LogP contribution in [0.1, 0.15) is 5.56 Å². The van der Waals surface area contributed by atoms with Crippen LogP contribution in [0.25, 0.3) is 22.4 Å². The number of aromatic amines is 1. The summed E-state index contributed by atoms with van der Waals surface area (Å²) in [4.78, 5) is 7.83. The molecular weight excluding hydrogens is 246 g/mol. The van der Waals surface area contributed by atoms with Crippen molar-refractivity contribution in [1.82, 2.24) is 9.97 Å². The maximum atomic E-state index is 5.98. The SMILES string of the molecule is NCc1ccc2nc(-c3cccc(Cl)c3)[nH]c2c1. The first-order valence-corrected chi connectivity index (χ1v) is 6.09. The molecule has 18 heavy (non-hydrogen) atoms. The molecule has 3 aromatic rings. The van der Waals surface area contributed by atoms with E-state index in [2.05, 4.69) is 9.97 Å². The van der Waals surface area contributed by atoms with Gasteiger partial charge in [0.25, 0.3) is 0 Å². The summed E-state index contributed by atoms with van der Waals surface area (Å²) < 4.78 is 0. The zero-order chi connectivity index (χ0) is 12.5. The van der Waals surface area contributed by atoms with Gasteiger partial charge >= 0.3 is 0 Å². The molecule has 0 fully saturated rings. The Balaban J connectivity index is 2.13. The minimum atomic E-state index is 0.529. The van der Waals surface area contributed by atoms with Gasteiger partial charge in [-0.25, -0.2) is 4.98 Å². The number of benzene rings is 2. The standard InChI is InChI=1S/C14H12ClN3/c15-11-3-1-2-10(7-11)14-17-12-5-4-9(8-16)6-13(12)18-14/h1-7H,8,16H2,(H,17,18). The average Bonchev–Trinajstić information content (AvgIpc) is 2.81. The lowest BCUT2D eigenvalue weighted by Crippen LogP contribution is -1.95. The van der Waals surface area contributed by atoms with E-state index in [1.165, 1.54) is 0 Å². The van der Waals surface area contributed by atoms with Crippen LogP contribution in [0, 0.1) is 0 Å². The van der Waals surface area contributed by atoms with Crippen LogP contribution >= 0.6 is 11.6 Å². The van der Waals surface area contributed by atoms with Crippen LogP contribution in [-0.4, -0.2) is 9.97 Å². The number of nitrogens with zero attached hydrogens (tertiary/aromatic N) is 1. The second kappa shape index (κ2) is 4.44. The average molecular weight is 258 g/mol. The highest BCUT2D eigenvalue weighted by molar-refractivity contribution is 6.30. The zero-order valence-electron chi connectivity index (χ0n) is 9.65. The maximum absolute atomic E-state index is 5.98. The second-order valence-corrected chi connectivity index (χ2v) is 4.59. The van der Waals surface area contributed by atoms with E-state index in [1.807, 2.05) is 42.5 Å². The maximum Gasteiger partial charge on any atom is 0.138 e. The monoisotopic (exact) mass is 257 g/mol. The molecule has 0 amide bonds. The van der Waals surface area contributed by atoms with Gasteiger partial charge in [-0.3, -0.25) is 0 Å². The van der Waals surface area contributed by atoms with Gasteiger partial charge in [0.1, 0.15) is 5.82 Å². The van der Waals surface area contributed by atoms with Crippen molar-refractivity contribution in [2.24, 2.45) is 5.73 Å². The molecule has 0 atom stereocenters. The Morgan fingerprint density at radius 3 is 2.83 bits per heavy atom. The van der Waals surface area contributed by atoms with Crippen LogP contribution in [0.4, 0.5) is 0 Å². The van der Waals surface area contributed by atoms with Crippen LogP contribution in [0.2, 0.25) is 5.02 Å². The van der Waals surface area contributed by atoms with Crippen LogP contribution in [-0.2, 0) is 6.54 Å². The number of hydrogen-bond acceptors (Lipinski definition) is 2. The first-order chi connectivity index (χ1) is 8.76. The van der Waals surface area contributed by atoms with Crippen molar-refractivity contribution >= 4 is 22.6 Å². The highest BCUT2D eigenvalue weighted by atomic mass is 35.5. The molecule has 0 radical (unpaired) electrons. The summed E-state index contributed by atoms with van der Waals surface area (Å²) in [5, 5.41) is 0.704. The van der Waals surface area contributed by atoms with Crippen molar-refractivity contribution in [3.63, 3.8) is 0 Å². The summed E-state index contributed by atoms with van der Waals surface area (Å²) in [6.45, 7) is 0.529. The fourth-order valence-corrected chi connectivity index (χ4v) is 2.15. The fraction of sp³-hybridized carbons (Fsp3) is 0.0714. The topological polar surface area (TPSA) is 54.7 Å². The van der Waals surface area contributed by atoms with E-state index in [4.69, 9.17) is 17.3 Å². The summed E-state index contributed by atoms with van der Waals surface area (Å²) in [6.07, 6.45) is 0. The number of H-pyrrole nitrogens is 1. The van der Waals surface area contributed by atoms with Gasteiger partial charge in [-0.15, -0.1) is 0 Å². The van der Waals surface area contributed by atoms with Gasteiger partial charge in [0.15, 0.2) is 0 Å². The van der Waals surface area contributed by atoms with Crippen LogP contribution in [0.3, 0.4) is 0 Å². The number of rotatable bonds is 2. The summed E-state index contributed by atoms with van der Waals surface area (Å²) in [7, 11) is 0. The summed E-state index contributed by atoms with van der Waals surface area (Å²) in [6, 6.07) is 13.6. The number of aromatic nitrogens is 2. The van der Waals surface area contributed by atoms with Crippen molar-refractivity contribution in [3.8, 4) is 11.4 Å². The van der Waals surface area contributed by atoms with E-state index >= 15 is 0 Å². The van der Waals surface area contributed by atoms with Crippen molar-refractivity contribution in [2.75, 3.05) is 0 Å². The van der Waals surface area contributed by atoms with Gasteiger partial charge < -0.3 is 10.7 Å². The molecule has 2 aromatic carbocycles. The lowest BCUT2D eigenvalue weighted by atomic mass is 10.2. The predicted octanol–water partition coefficient (Wildman–Crippen LogP) is 3.34. The molecule has 90 valence electrons. The fourth-order valence-electron chi connectivity index (χ4n) is 1.96. The first-order valence-electron chi connectivity index (χ1n) is 5.71. The molecule has 0 saturated heterocycles. The molecular formula is C14H12ClN3. The third-order valence-corrected chi connectivity index (χ3v) is 3.12. The molecule has 1 heterocycles. The number of nitrogens with one attached hydrogen (secondary N) is 1. The highest BCUT2D eigenvalue weighted by Gasteiger charge is 2.05. The van der Waals surface area contributed by atoms with Crippen LogP contribution in [0.15, 0.2) is 42.5 Å². The van der Waals surface area contributed by atoms with E-state index in [0.717, 1.165) is 28.0 Å². The Morgan fingerprint density at radius 1 is 1.17 bits per heavy atom. The molecule has 3 nitrogen and oxygen atoms in total. The molecule has 1 aromatic heterocycles. The largest absolute Gasteiger partial charge is 0.338 e. The molecule has 0 bridgehead atoms. The Bertz CT molecular complexity index is 703. The van der Waals surface area contributed by atoms with Gasteiger partial charge in [0, 0.05) is 17.1 Å². The Kier molecular flexibility index (Phi) is 2.78. The van der Waals surface area contributed by atoms with Crippen molar-refractivity contribution < 1.29 is 0 Å². The van der Waals surface area contributed by atoms with Gasteiger partial charge in [-0.2, -0.15) is 0 Å². The lowest BCUT2D eigenvalue weighted by Gasteiger charge is -1.96. The first kappa shape index (κ1) is 11.3. The van der Waals surface area contributed by atoms with Crippen molar-refractivity contribution in [3.05, 3.63) is 53.1 Å². The molecule has 0 spiro atoms. The molecule has 0 saturated carbocycles. The minimum Gasteiger partial charge on any atom is -0.338 e. The lowest BCUT2D eigenvalue weighted by molar-refractivity contribution is 1.07. The van der Waals surface area contributed by atoms with Crippen LogP contribution < -0.4 is 5.73 Å². The molecule has 0 aliphatic carbocycles. The molecule has 0 unspecified atom stereocenters. The number of imidazole rings is 1. The molecule has 4 heteroatoms. The van der Waals surface area contributed by atoms with E-state index in [0.29, 0.717) is 11.6 Å². The normalized spacial score (nSPS) is 11.0. The summed E-state index contributed by atoms with van der Waals surface area (Å²) >= 11 is 5.98. The predicted molar refractivity (Wildman–Crippen MR) is 74.4 cm³/mol. The molecule has 3 rings (SSSR count). The second-order valence-electron chi connectivity index (χ2n) is 4.15. The van der Waals surface area contributed by atoms with Crippen LogP contribution in [0.5, 0.6) is 0 Å². The molecule has 3 N–H and O–H groups in total. The minimum absolute atomic E-state index is 0.529. The number of hydrogen-bond donors (Lipinski definition) is 2. The van der Waals surface area contributed by atoms with Gasteiger partial charge in [0.05, 0.1) is 11.0 Å². The van der Waals surface area contributed by atoms with E-state index in [1.54, 1.807) is 0 Å². The smallest absolute Gasteiger partial charge is 0.138 e. The number of halogens is 1. The quantitative estimate of drug-likeness (QED) is 0.740. The molecule has 0 aliphatic heterocycles. The Morgan fingerprint density at radius 2 is 2.06 bits per heavy atom. The molecule has 0 aliphatic rings. The Hall–Kier alpha value is -1.84. The van der Waals surface area contributed by atoms with Crippen molar-refractivity contribution in [1.29, 1.82) is 0 Å². The van der Waals surface area contributed by atoms with E-state index < -0.39 is 0 Å². The third-order valence-electron chi connectivity index (χ3n) is 2.88. The summed E-state index contributed by atoms with van der Waals surface area (Å²) in [5.41, 5.74) is 9.62. The van der Waals surface area contributed by atoms with E-state index in [-0.39, 0.29) is 0 Å². The Labute approximate surface area is 110 Å². The zero-order valence-corrected chi connectivity index (χ0v) is 10.4. The van der Waals surface area contributed by atoms with Crippen molar-refractivity contribution in [2.45, 2.75) is 6.54 Å². The number of fused-ring (bicyclic) bond motifs is 1. The van der Waals surface area contributed by atoms with Gasteiger partial charge in [-0.05, 0) is 29.8 Å². The highest BCUT2D eigenvalue weighted by Crippen LogP contribution is 2.23. The third kappa shape index (κ3) is 1.98. The number of nitrogens with two attached hydrogens (primary N) is 1. The van der Waals surface area contributed by atoms with Gasteiger partial charge in [0.2, 0.25) is 0 Å².